The maximum absolute atomic E-state index is 5.36. The first-order valence-electron chi connectivity index (χ1n) is 4.20. The minimum atomic E-state index is 0.822. The molecule has 1 aromatic carbocycles. The van der Waals surface area contributed by atoms with Crippen molar-refractivity contribution in [2.24, 2.45) is 0 Å². The van der Waals surface area contributed by atoms with Crippen molar-refractivity contribution < 1.29 is 0 Å². The van der Waals surface area contributed by atoms with Gasteiger partial charge in [-0.2, -0.15) is 0 Å². The maximum atomic E-state index is 5.36. The number of nitrogen functional groups attached to an aromatic ring is 1. The van der Waals surface area contributed by atoms with Crippen molar-refractivity contribution >= 4 is 5.69 Å². The summed E-state index contributed by atoms with van der Waals surface area (Å²) in [4.78, 5) is 0. The Balaban J connectivity index is 0. The van der Waals surface area contributed by atoms with Crippen LogP contribution in [0.3, 0.4) is 0 Å². The first-order valence-corrected chi connectivity index (χ1v) is 4.20. The predicted molar refractivity (Wildman–Crippen MR) is 53.6 cm³/mol. The normalized spacial score (nSPS) is 6.55. The minimum Gasteiger partial charge on any atom is -0.399 e. The van der Waals surface area contributed by atoms with E-state index in [2.05, 4.69) is 0 Å². The minimum absolute atomic E-state index is 0.822. The second kappa shape index (κ2) is 11.8. The lowest BCUT2D eigenvalue weighted by Crippen LogP contribution is -1.79. The molecule has 0 unspecified atom stereocenters. The molecule has 0 bridgehead atoms. The van der Waals surface area contributed by atoms with E-state index in [1.807, 2.05) is 58.0 Å². The van der Waals surface area contributed by atoms with E-state index in [4.69, 9.17) is 5.73 Å². The SMILES string of the molecule is CC.CC.Nc1ccccc1. The first kappa shape index (κ1) is 12.7. The smallest absolute Gasteiger partial charge is 0.0313 e. The van der Waals surface area contributed by atoms with Crippen LogP contribution in [0.1, 0.15) is 27.7 Å². The average Bonchev–Trinajstić information content (AvgIpc) is 2.13. The van der Waals surface area contributed by atoms with E-state index in [1.54, 1.807) is 0 Å². The Morgan fingerprint density at radius 2 is 1.18 bits per heavy atom. The van der Waals surface area contributed by atoms with Crippen molar-refractivity contribution in [1.82, 2.24) is 0 Å². The summed E-state index contributed by atoms with van der Waals surface area (Å²) in [6.07, 6.45) is 0. The van der Waals surface area contributed by atoms with Crippen molar-refractivity contribution in [2.45, 2.75) is 27.7 Å². The Labute approximate surface area is 70.2 Å². The highest BCUT2D eigenvalue weighted by molar-refractivity contribution is 5.35. The van der Waals surface area contributed by atoms with Gasteiger partial charge in [0.25, 0.3) is 0 Å². The number of nitrogens with two attached hydrogens (primary N) is 1. The van der Waals surface area contributed by atoms with Crippen LogP contribution in [0.25, 0.3) is 0 Å². The molecule has 0 amide bonds. The molecule has 1 nitrogen and oxygen atoms in total. The molecule has 0 spiro atoms. The number of benzene rings is 1. The quantitative estimate of drug-likeness (QED) is 0.568. The zero-order valence-corrected chi connectivity index (χ0v) is 7.96. The molecule has 0 aliphatic carbocycles. The van der Waals surface area contributed by atoms with Crippen LogP contribution in [0, 0.1) is 0 Å². The van der Waals surface area contributed by atoms with Crippen LogP contribution >= 0.6 is 0 Å². The van der Waals surface area contributed by atoms with Gasteiger partial charge in [-0.15, -0.1) is 0 Å². The van der Waals surface area contributed by atoms with E-state index in [9.17, 15) is 0 Å². The highest BCUT2D eigenvalue weighted by Crippen LogP contribution is 1.95. The molecular formula is C10H19N. The molecule has 0 atom stereocenters. The maximum Gasteiger partial charge on any atom is 0.0313 e. The van der Waals surface area contributed by atoms with Gasteiger partial charge >= 0.3 is 0 Å². The fourth-order valence-corrected chi connectivity index (χ4v) is 0.453. The second-order valence-corrected chi connectivity index (χ2v) is 1.41. The Morgan fingerprint density at radius 1 is 0.818 bits per heavy atom. The third-order valence-electron chi connectivity index (χ3n) is 0.800. The van der Waals surface area contributed by atoms with Crippen molar-refractivity contribution in [3.63, 3.8) is 0 Å². The zero-order chi connectivity index (χ0) is 9.11. The third kappa shape index (κ3) is 9.02. The van der Waals surface area contributed by atoms with Gasteiger partial charge in [0, 0.05) is 5.69 Å². The fourth-order valence-electron chi connectivity index (χ4n) is 0.453. The second-order valence-electron chi connectivity index (χ2n) is 1.41. The number of hydrogen-bond donors (Lipinski definition) is 1. The molecule has 1 rings (SSSR count). The molecule has 64 valence electrons. The summed E-state index contributed by atoms with van der Waals surface area (Å²) >= 11 is 0. The Morgan fingerprint density at radius 3 is 1.36 bits per heavy atom. The van der Waals surface area contributed by atoms with E-state index in [-0.39, 0.29) is 0 Å². The first-order chi connectivity index (χ1) is 5.39. The summed E-state index contributed by atoms with van der Waals surface area (Å²) in [5.74, 6) is 0. The molecule has 0 saturated carbocycles. The van der Waals surface area contributed by atoms with Crippen molar-refractivity contribution in [3.8, 4) is 0 Å². The lowest BCUT2D eigenvalue weighted by molar-refractivity contribution is 1.50. The largest absolute Gasteiger partial charge is 0.399 e. The van der Waals surface area contributed by atoms with Gasteiger partial charge in [-0.3, -0.25) is 0 Å². The zero-order valence-electron chi connectivity index (χ0n) is 7.96. The van der Waals surface area contributed by atoms with E-state index >= 15 is 0 Å². The highest BCUT2D eigenvalue weighted by atomic mass is 14.5. The molecule has 0 radical (unpaired) electrons. The summed E-state index contributed by atoms with van der Waals surface area (Å²) in [6.45, 7) is 8.00. The van der Waals surface area contributed by atoms with Crippen molar-refractivity contribution in [1.29, 1.82) is 0 Å². The van der Waals surface area contributed by atoms with E-state index in [0.717, 1.165) is 5.69 Å². The molecule has 0 aromatic heterocycles. The van der Waals surface area contributed by atoms with Crippen LogP contribution in [-0.2, 0) is 0 Å². The van der Waals surface area contributed by atoms with Crippen LogP contribution in [0.4, 0.5) is 5.69 Å². The van der Waals surface area contributed by atoms with Crippen LogP contribution < -0.4 is 5.73 Å². The van der Waals surface area contributed by atoms with Crippen LogP contribution in [-0.4, -0.2) is 0 Å². The van der Waals surface area contributed by atoms with Crippen LogP contribution in [0.2, 0.25) is 0 Å². The molecule has 0 aliphatic rings. The molecule has 0 aliphatic heterocycles. The molecule has 0 saturated heterocycles. The van der Waals surface area contributed by atoms with Gasteiger partial charge in [0.1, 0.15) is 0 Å². The number of rotatable bonds is 0. The summed E-state index contributed by atoms with van der Waals surface area (Å²) in [5.41, 5.74) is 6.18. The van der Waals surface area contributed by atoms with Gasteiger partial charge < -0.3 is 5.73 Å². The summed E-state index contributed by atoms with van der Waals surface area (Å²) in [6, 6.07) is 9.49. The van der Waals surface area contributed by atoms with E-state index in [1.165, 1.54) is 0 Å². The predicted octanol–water partition coefficient (Wildman–Crippen LogP) is 3.32. The summed E-state index contributed by atoms with van der Waals surface area (Å²) < 4.78 is 0. The molecule has 2 N–H and O–H groups in total. The molecule has 1 aromatic rings. The van der Waals surface area contributed by atoms with E-state index in [0.29, 0.717) is 0 Å². The molecular weight excluding hydrogens is 134 g/mol. The van der Waals surface area contributed by atoms with Crippen LogP contribution in [0.5, 0.6) is 0 Å². The van der Waals surface area contributed by atoms with Gasteiger partial charge in [0.05, 0.1) is 0 Å². The molecule has 11 heavy (non-hydrogen) atoms. The Hall–Kier alpha value is -0.980. The standard InChI is InChI=1S/C6H7N.2C2H6/c7-6-4-2-1-3-5-6;2*1-2/h1-5H,7H2;2*1-2H3. The van der Waals surface area contributed by atoms with Gasteiger partial charge in [-0.05, 0) is 12.1 Å². The Kier molecular flexibility index (Phi) is 13.6. The number of para-hydroxylation sites is 1. The van der Waals surface area contributed by atoms with Gasteiger partial charge in [-0.1, -0.05) is 45.9 Å². The van der Waals surface area contributed by atoms with Crippen LogP contribution in [0.15, 0.2) is 30.3 Å². The van der Waals surface area contributed by atoms with E-state index < -0.39 is 0 Å². The summed E-state index contributed by atoms with van der Waals surface area (Å²) in [5, 5.41) is 0. The summed E-state index contributed by atoms with van der Waals surface area (Å²) in [7, 11) is 0. The lowest BCUT2D eigenvalue weighted by Gasteiger charge is -1.83. The van der Waals surface area contributed by atoms with Gasteiger partial charge in [0.2, 0.25) is 0 Å². The van der Waals surface area contributed by atoms with Crippen molar-refractivity contribution in [3.05, 3.63) is 30.3 Å². The van der Waals surface area contributed by atoms with Crippen molar-refractivity contribution in [2.75, 3.05) is 5.73 Å². The topological polar surface area (TPSA) is 26.0 Å². The molecule has 0 heterocycles. The third-order valence-corrected chi connectivity index (χ3v) is 0.800. The molecule has 1 heteroatoms. The average molecular weight is 153 g/mol. The fraction of sp³-hybridized carbons (Fsp3) is 0.400. The van der Waals surface area contributed by atoms with Gasteiger partial charge in [0.15, 0.2) is 0 Å². The lowest BCUT2D eigenvalue weighted by atomic mass is 10.3. The molecule has 0 fully saturated rings. The monoisotopic (exact) mass is 153 g/mol. The number of anilines is 1. The Bertz CT molecular complexity index is 135. The number of hydrogen-bond acceptors (Lipinski definition) is 1. The highest BCUT2D eigenvalue weighted by Gasteiger charge is 1.72. The van der Waals surface area contributed by atoms with Gasteiger partial charge in [-0.25, -0.2) is 0 Å².